The second-order valence-corrected chi connectivity index (χ2v) is 5.97. The summed E-state index contributed by atoms with van der Waals surface area (Å²) in [6, 6.07) is 0. The minimum Gasteiger partial charge on any atom is -0.385 e. The minimum atomic E-state index is -0.410. The van der Waals surface area contributed by atoms with Crippen LogP contribution in [0.4, 0.5) is 0 Å². The Hall–Kier alpha value is -0.830. The molecule has 1 fully saturated rings. The highest BCUT2D eigenvalue weighted by molar-refractivity contribution is 5.04. The van der Waals surface area contributed by atoms with E-state index in [-0.39, 0.29) is 5.41 Å². The molecule has 1 aliphatic carbocycles. The maximum Gasteiger partial charge on any atom is 0.137 e. The summed E-state index contributed by atoms with van der Waals surface area (Å²) in [4.78, 5) is 4.33. The molecule has 3 nitrogen and oxygen atoms in total. The third-order valence-electron chi connectivity index (χ3n) is 4.10. The number of aromatic nitrogens is 2. The Bertz CT molecular complexity index is 364. The van der Waals surface area contributed by atoms with Crippen molar-refractivity contribution < 1.29 is 5.11 Å². The van der Waals surface area contributed by atoms with Gasteiger partial charge in [-0.05, 0) is 25.2 Å². The molecule has 1 N–H and O–H groups in total. The molecule has 1 unspecified atom stereocenters. The predicted molar refractivity (Wildman–Crippen MR) is 68.5 cm³/mol. The lowest BCUT2D eigenvalue weighted by Gasteiger charge is -2.35. The van der Waals surface area contributed by atoms with Gasteiger partial charge in [0, 0.05) is 24.9 Å². The highest BCUT2D eigenvalue weighted by Gasteiger charge is 2.43. The van der Waals surface area contributed by atoms with Gasteiger partial charge in [-0.25, -0.2) is 4.98 Å². The molecule has 1 heterocycles. The zero-order chi connectivity index (χ0) is 12.5. The highest BCUT2D eigenvalue weighted by Crippen LogP contribution is 2.51. The summed E-state index contributed by atoms with van der Waals surface area (Å²) in [6.07, 6.45) is 9.14. The lowest BCUT2D eigenvalue weighted by molar-refractivity contribution is 0.00314. The van der Waals surface area contributed by atoms with E-state index in [1.165, 1.54) is 12.8 Å². The van der Waals surface area contributed by atoms with Crippen LogP contribution in [-0.4, -0.2) is 14.7 Å². The number of hydrogen-bond acceptors (Lipinski definition) is 2. The van der Waals surface area contributed by atoms with Gasteiger partial charge >= 0.3 is 0 Å². The van der Waals surface area contributed by atoms with Crippen molar-refractivity contribution in [2.45, 2.75) is 52.1 Å². The molecule has 1 saturated carbocycles. The number of aryl methyl sites for hydroxylation is 1. The molecule has 0 bridgehead atoms. The monoisotopic (exact) mass is 236 g/mol. The summed E-state index contributed by atoms with van der Waals surface area (Å²) in [5.74, 6) is 1.45. The third-order valence-corrected chi connectivity index (χ3v) is 4.10. The van der Waals surface area contributed by atoms with E-state index < -0.39 is 6.10 Å². The van der Waals surface area contributed by atoms with E-state index in [4.69, 9.17) is 0 Å². The van der Waals surface area contributed by atoms with Crippen molar-refractivity contribution in [2.24, 2.45) is 18.4 Å². The van der Waals surface area contributed by atoms with Crippen molar-refractivity contribution in [2.75, 3.05) is 0 Å². The zero-order valence-electron chi connectivity index (χ0n) is 11.2. The molecule has 0 amide bonds. The van der Waals surface area contributed by atoms with Crippen LogP contribution in [0, 0.1) is 11.3 Å². The topological polar surface area (TPSA) is 38.1 Å². The second kappa shape index (κ2) is 4.81. The van der Waals surface area contributed by atoms with E-state index in [0.29, 0.717) is 5.92 Å². The SMILES string of the molecule is CC(C)CC1(C(O)c2nccn2C)CCCC1. The van der Waals surface area contributed by atoms with Crippen LogP contribution in [0.5, 0.6) is 0 Å². The van der Waals surface area contributed by atoms with Gasteiger partial charge in [-0.15, -0.1) is 0 Å². The van der Waals surface area contributed by atoms with Crippen LogP contribution in [0.2, 0.25) is 0 Å². The normalized spacial score (nSPS) is 21.0. The van der Waals surface area contributed by atoms with E-state index in [1.54, 1.807) is 6.20 Å². The molecular formula is C14H24N2O. The molecule has 1 aromatic rings. The van der Waals surface area contributed by atoms with Gasteiger partial charge in [0.2, 0.25) is 0 Å². The third kappa shape index (κ3) is 2.39. The molecule has 0 aliphatic heterocycles. The summed E-state index contributed by atoms with van der Waals surface area (Å²) >= 11 is 0. The fourth-order valence-electron chi connectivity index (χ4n) is 3.40. The van der Waals surface area contributed by atoms with Gasteiger partial charge in [-0.3, -0.25) is 0 Å². The van der Waals surface area contributed by atoms with E-state index in [2.05, 4.69) is 18.8 Å². The standard InChI is InChI=1S/C14H24N2O/c1-11(2)10-14(6-4-5-7-14)12(17)13-15-8-9-16(13)3/h8-9,11-12,17H,4-7,10H2,1-3H3. The van der Waals surface area contributed by atoms with E-state index in [0.717, 1.165) is 25.1 Å². The van der Waals surface area contributed by atoms with Gasteiger partial charge in [-0.2, -0.15) is 0 Å². The van der Waals surface area contributed by atoms with Crippen LogP contribution in [0.25, 0.3) is 0 Å². The Kier molecular flexibility index (Phi) is 3.57. The van der Waals surface area contributed by atoms with Gasteiger partial charge in [-0.1, -0.05) is 26.7 Å². The van der Waals surface area contributed by atoms with Gasteiger partial charge in [0.15, 0.2) is 0 Å². The molecule has 0 aromatic carbocycles. The maximum absolute atomic E-state index is 10.7. The predicted octanol–water partition coefficient (Wildman–Crippen LogP) is 3.06. The molecule has 1 aliphatic rings. The summed E-state index contributed by atoms with van der Waals surface area (Å²) in [5.41, 5.74) is 0.0628. The van der Waals surface area contributed by atoms with Gasteiger partial charge in [0.1, 0.15) is 11.9 Å². The average Bonchev–Trinajstić information content (AvgIpc) is 2.86. The van der Waals surface area contributed by atoms with Crippen molar-refractivity contribution in [1.82, 2.24) is 9.55 Å². The van der Waals surface area contributed by atoms with Gasteiger partial charge < -0.3 is 9.67 Å². The molecular weight excluding hydrogens is 212 g/mol. The second-order valence-electron chi connectivity index (χ2n) is 5.97. The molecule has 2 rings (SSSR count). The number of hydrogen-bond donors (Lipinski definition) is 1. The maximum atomic E-state index is 10.7. The number of nitrogens with zero attached hydrogens (tertiary/aromatic N) is 2. The molecule has 17 heavy (non-hydrogen) atoms. The van der Waals surface area contributed by atoms with Crippen molar-refractivity contribution in [3.63, 3.8) is 0 Å². The number of aliphatic hydroxyl groups excluding tert-OH is 1. The molecule has 0 spiro atoms. The first kappa shape index (κ1) is 12.6. The fraction of sp³-hybridized carbons (Fsp3) is 0.786. The van der Waals surface area contributed by atoms with Crippen LogP contribution in [0.3, 0.4) is 0 Å². The lowest BCUT2D eigenvalue weighted by Crippen LogP contribution is -2.29. The molecule has 1 aromatic heterocycles. The fourth-order valence-corrected chi connectivity index (χ4v) is 3.40. The Morgan fingerprint density at radius 1 is 1.41 bits per heavy atom. The van der Waals surface area contributed by atoms with Crippen molar-refractivity contribution >= 4 is 0 Å². The van der Waals surface area contributed by atoms with Crippen LogP contribution in [-0.2, 0) is 7.05 Å². The summed E-state index contributed by atoms with van der Waals surface area (Å²) in [5, 5.41) is 10.7. The van der Waals surface area contributed by atoms with E-state index in [1.807, 2.05) is 17.8 Å². The van der Waals surface area contributed by atoms with Gasteiger partial charge in [0.25, 0.3) is 0 Å². The average molecular weight is 236 g/mol. The van der Waals surface area contributed by atoms with Gasteiger partial charge in [0.05, 0.1) is 0 Å². The smallest absolute Gasteiger partial charge is 0.137 e. The Morgan fingerprint density at radius 3 is 2.53 bits per heavy atom. The van der Waals surface area contributed by atoms with E-state index in [9.17, 15) is 5.11 Å². The van der Waals surface area contributed by atoms with Crippen molar-refractivity contribution in [3.05, 3.63) is 18.2 Å². The van der Waals surface area contributed by atoms with Crippen LogP contribution in [0.1, 0.15) is 57.9 Å². The number of imidazole rings is 1. The zero-order valence-corrected chi connectivity index (χ0v) is 11.2. The first-order valence-electron chi connectivity index (χ1n) is 6.70. The molecule has 0 saturated heterocycles. The number of rotatable bonds is 4. The summed E-state index contributed by atoms with van der Waals surface area (Å²) in [6.45, 7) is 4.48. The molecule has 3 heteroatoms. The molecule has 1 atom stereocenters. The first-order valence-corrected chi connectivity index (χ1v) is 6.70. The minimum absolute atomic E-state index is 0.0628. The summed E-state index contributed by atoms with van der Waals surface area (Å²) < 4.78 is 1.95. The van der Waals surface area contributed by atoms with Crippen LogP contribution in [0.15, 0.2) is 12.4 Å². The first-order chi connectivity index (χ1) is 8.05. The number of aliphatic hydroxyl groups is 1. The largest absolute Gasteiger partial charge is 0.385 e. The Morgan fingerprint density at radius 2 is 2.06 bits per heavy atom. The summed E-state index contributed by atoms with van der Waals surface area (Å²) in [7, 11) is 1.96. The van der Waals surface area contributed by atoms with E-state index >= 15 is 0 Å². The Labute approximate surface area is 104 Å². The highest BCUT2D eigenvalue weighted by atomic mass is 16.3. The van der Waals surface area contributed by atoms with Crippen LogP contribution >= 0.6 is 0 Å². The molecule has 96 valence electrons. The lowest BCUT2D eigenvalue weighted by atomic mass is 9.73. The van der Waals surface area contributed by atoms with Crippen molar-refractivity contribution in [3.8, 4) is 0 Å². The molecule has 0 radical (unpaired) electrons. The Balaban J connectivity index is 2.24. The van der Waals surface area contributed by atoms with Crippen LogP contribution < -0.4 is 0 Å². The quantitative estimate of drug-likeness (QED) is 0.872. The van der Waals surface area contributed by atoms with Crippen molar-refractivity contribution in [1.29, 1.82) is 0 Å².